The van der Waals surface area contributed by atoms with Gasteiger partial charge in [0.05, 0.1) is 25.4 Å². The lowest BCUT2D eigenvalue weighted by atomic mass is 9.94. The van der Waals surface area contributed by atoms with Crippen molar-refractivity contribution in [2.24, 2.45) is 5.10 Å². The maximum absolute atomic E-state index is 13.5. The molecule has 0 aliphatic carbocycles. The van der Waals surface area contributed by atoms with E-state index in [9.17, 15) is 4.79 Å². The standard InChI is InChI=1S/C26H34N4O2/c1-5-28-12-14-29(15-13-28)18-26(31)30-25(23-16-19(2)6-7-20(23)3)17-24(27-30)21-8-10-22(32-4)11-9-21/h6-11,16,25H,5,12-15,17-18H2,1-4H3. The highest BCUT2D eigenvalue weighted by molar-refractivity contribution is 6.03. The van der Waals surface area contributed by atoms with Crippen LogP contribution >= 0.6 is 0 Å². The van der Waals surface area contributed by atoms with Crippen molar-refractivity contribution < 1.29 is 9.53 Å². The average Bonchev–Trinajstić information content (AvgIpc) is 3.26. The predicted octanol–water partition coefficient (Wildman–Crippen LogP) is 3.63. The van der Waals surface area contributed by atoms with Gasteiger partial charge in [-0.2, -0.15) is 5.10 Å². The molecule has 2 aromatic carbocycles. The number of amides is 1. The highest BCUT2D eigenvalue weighted by atomic mass is 16.5. The Balaban J connectivity index is 1.58. The Morgan fingerprint density at radius 1 is 1.03 bits per heavy atom. The van der Waals surface area contributed by atoms with Crippen molar-refractivity contribution >= 4 is 11.6 Å². The topological polar surface area (TPSA) is 48.4 Å². The van der Waals surface area contributed by atoms with E-state index in [4.69, 9.17) is 9.84 Å². The number of benzene rings is 2. The summed E-state index contributed by atoms with van der Waals surface area (Å²) in [5, 5.41) is 6.61. The van der Waals surface area contributed by atoms with Gasteiger partial charge in [-0.1, -0.05) is 30.7 Å². The molecular weight excluding hydrogens is 400 g/mol. The van der Waals surface area contributed by atoms with Crippen LogP contribution < -0.4 is 4.74 Å². The Labute approximate surface area is 191 Å². The number of likely N-dealkylation sites (N-methyl/N-ethyl adjacent to an activating group) is 1. The van der Waals surface area contributed by atoms with E-state index in [2.05, 4.69) is 48.8 Å². The van der Waals surface area contributed by atoms with Gasteiger partial charge in [0, 0.05) is 32.6 Å². The Hall–Kier alpha value is -2.70. The number of aryl methyl sites for hydroxylation is 2. The van der Waals surface area contributed by atoms with Crippen molar-refractivity contribution in [2.75, 3.05) is 46.4 Å². The van der Waals surface area contributed by atoms with Gasteiger partial charge < -0.3 is 9.64 Å². The molecule has 1 amide bonds. The zero-order chi connectivity index (χ0) is 22.7. The normalized spacial score (nSPS) is 19.8. The number of methoxy groups -OCH3 is 1. The smallest absolute Gasteiger partial charge is 0.257 e. The van der Waals surface area contributed by atoms with Gasteiger partial charge in [0.1, 0.15) is 5.75 Å². The van der Waals surface area contributed by atoms with Crippen LogP contribution in [-0.2, 0) is 4.79 Å². The minimum absolute atomic E-state index is 0.0727. The summed E-state index contributed by atoms with van der Waals surface area (Å²) < 4.78 is 5.30. The molecule has 2 aliphatic rings. The van der Waals surface area contributed by atoms with Crippen LogP contribution in [0.15, 0.2) is 47.6 Å². The maximum atomic E-state index is 13.5. The first-order valence-corrected chi connectivity index (χ1v) is 11.5. The van der Waals surface area contributed by atoms with Gasteiger partial charge in [0.25, 0.3) is 5.91 Å². The third kappa shape index (κ3) is 4.87. The lowest BCUT2D eigenvalue weighted by Gasteiger charge is -2.34. The molecule has 0 spiro atoms. The number of carbonyl (C=O) groups is 1. The Bertz CT molecular complexity index is 978. The molecule has 1 atom stereocenters. The van der Waals surface area contributed by atoms with Gasteiger partial charge in [-0.05, 0) is 61.3 Å². The van der Waals surface area contributed by atoms with Crippen molar-refractivity contribution in [3.05, 3.63) is 64.7 Å². The van der Waals surface area contributed by atoms with E-state index < -0.39 is 0 Å². The van der Waals surface area contributed by atoms with Crippen LogP contribution in [0.4, 0.5) is 0 Å². The van der Waals surface area contributed by atoms with Gasteiger partial charge in [-0.25, -0.2) is 5.01 Å². The van der Waals surface area contributed by atoms with Crippen LogP contribution in [0.25, 0.3) is 0 Å². The van der Waals surface area contributed by atoms with E-state index in [1.54, 1.807) is 12.1 Å². The van der Waals surface area contributed by atoms with Crippen LogP contribution in [0.1, 0.15) is 41.6 Å². The molecule has 1 unspecified atom stereocenters. The first-order chi connectivity index (χ1) is 15.5. The molecule has 0 radical (unpaired) electrons. The number of hydrogen-bond acceptors (Lipinski definition) is 5. The van der Waals surface area contributed by atoms with Crippen molar-refractivity contribution in [3.8, 4) is 5.75 Å². The summed E-state index contributed by atoms with van der Waals surface area (Å²) in [4.78, 5) is 18.2. The van der Waals surface area contributed by atoms with Crippen LogP contribution in [-0.4, -0.2) is 72.8 Å². The average molecular weight is 435 g/mol. The van der Waals surface area contributed by atoms with Crippen LogP contribution in [0.3, 0.4) is 0 Å². The van der Waals surface area contributed by atoms with Crippen LogP contribution in [0.2, 0.25) is 0 Å². The molecule has 0 N–H and O–H groups in total. The molecule has 32 heavy (non-hydrogen) atoms. The van der Waals surface area contributed by atoms with E-state index in [1.165, 1.54) is 16.7 Å². The quantitative estimate of drug-likeness (QED) is 0.697. The number of piperazine rings is 1. The largest absolute Gasteiger partial charge is 0.497 e. The fraction of sp³-hybridized carbons (Fsp3) is 0.462. The summed E-state index contributed by atoms with van der Waals surface area (Å²) in [5.74, 6) is 0.891. The second kappa shape index (κ2) is 9.84. The van der Waals surface area contributed by atoms with Crippen molar-refractivity contribution in [3.63, 3.8) is 0 Å². The second-order valence-corrected chi connectivity index (χ2v) is 8.80. The van der Waals surface area contributed by atoms with E-state index in [0.717, 1.165) is 49.7 Å². The van der Waals surface area contributed by atoms with Gasteiger partial charge in [0.2, 0.25) is 0 Å². The molecule has 2 heterocycles. The van der Waals surface area contributed by atoms with Crippen LogP contribution in [0.5, 0.6) is 5.75 Å². The van der Waals surface area contributed by atoms with Crippen molar-refractivity contribution in [2.45, 2.75) is 33.2 Å². The van der Waals surface area contributed by atoms with Gasteiger partial charge in [0.15, 0.2) is 0 Å². The summed E-state index contributed by atoms with van der Waals surface area (Å²) in [6.45, 7) is 11.8. The molecule has 6 nitrogen and oxygen atoms in total. The molecule has 0 saturated carbocycles. The van der Waals surface area contributed by atoms with Crippen molar-refractivity contribution in [1.82, 2.24) is 14.8 Å². The highest BCUT2D eigenvalue weighted by Crippen LogP contribution is 2.35. The minimum atomic E-state index is -0.0727. The molecule has 6 heteroatoms. The third-order valence-corrected chi connectivity index (χ3v) is 6.65. The molecule has 4 rings (SSSR count). The predicted molar refractivity (Wildman–Crippen MR) is 128 cm³/mol. The van der Waals surface area contributed by atoms with Crippen LogP contribution in [0, 0.1) is 13.8 Å². The summed E-state index contributed by atoms with van der Waals surface area (Å²) in [6.07, 6.45) is 0.714. The van der Waals surface area contributed by atoms with Crippen molar-refractivity contribution in [1.29, 1.82) is 0 Å². The summed E-state index contributed by atoms with van der Waals surface area (Å²) in [7, 11) is 1.67. The molecular formula is C26H34N4O2. The number of hydrogen-bond donors (Lipinski definition) is 0. The minimum Gasteiger partial charge on any atom is -0.497 e. The fourth-order valence-corrected chi connectivity index (χ4v) is 4.59. The summed E-state index contributed by atoms with van der Waals surface area (Å²) in [5.41, 5.74) is 5.56. The van der Waals surface area contributed by atoms with Gasteiger partial charge in [-0.15, -0.1) is 0 Å². The lowest BCUT2D eigenvalue weighted by Crippen LogP contribution is -2.49. The molecule has 0 aromatic heterocycles. The number of hydrazone groups is 1. The zero-order valence-corrected chi connectivity index (χ0v) is 19.7. The number of rotatable bonds is 6. The molecule has 2 aliphatic heterocycles. The Morgan fingerprint density at radius 3 is 2.38 bits per heavy atom. The zero-order valence-electron chi connectivity index (χ0n) is 19.7. The molecule has 0 bridgehead atoms. The number of carbonyl (C=O) groups excluding carboxylic acids is 1. The molecule has 1 saturated heterocycles. The Morgan fingerprint density at radius 2 is 1.72 bits per heavy atom. The van der Waals surface area contributed by atoms with Gasteiger partial charge >= 0.3 is 0 Å². The van der Waals surface area contributed by atoms with E-state index in [1.807, 2.05) is 24.3 Å². The first kappa shape index (κ1) is 22.5. The third-order valence-electron chi connectivity index (χ3n) is 6.65. The fourth-order valence-electron chi connectivity index (χ4n) is 4.59. The highest BCUT2D eigenvalue weighted by Gasteiger charge is 2.35. The van der Waals surface area contributed by atoms with E-state index >= 15 is 0 Å². The monoisotopic (exact) mass is 434 g/mol. The summed E-state index contributed by atoms with van der Waals surface area (Å²) >= 11 is 0. The maximum Gasteiger partial charge on any atom is 0.257 e. The lowest BCUT2D eigenvalue weighted by molar-refractivity contribution is -0.134. The second-order valence-electron chi connectivity index (χ2n) is 8.80. The summed E-state index contributed by atoms with van der Waals surface area (Å²) in [6, 6.07) is 14.3. The van der Waals surface area contributed by atoms with E-state index in [-0.39, 0.29) is 11.9 Å². The molecule has 170 valence electrons. The SMILES string of the molecule is CCN1CCN(CC(=O)N2N=C(c3ccc(OC)cc3)CC2c2cc(C)ccc2C)CC1. The Kier molecular flexibility index (Phi) is 6.92. The molecule has 1 fully saturated rings. The first-order valence-electron chi connectivity index (χ1n) is 11.5. The van der Waals surface area contributed by atoms with E-state index in [0.29, 0.717) is 13.0 Å². The molecule has 2 aromatic rings. The van der Waals surface area contributed by atoms with Gasteiger partial charge in [-0.3, -0.25) is 9.69 Å². The number of ether oxygens (including phenoxy) is 1. The number of nitrogens with zero attached hydrogens (tertiary/aromatic N) is 4.